The smallest absolute Gasteiger partial charge is 0.195 e. The van der Waals surface area contributed by atoms with Crippen molar-refractivity contribution in [2.75, 3.05) is 0 Å². The zero-order chi connectivity index (χ0) is 18.1. The third-order valence-corrected chi connectivity index (χ3v) is 5.16. The van der Waals surface area contributed by atoms with E-state index in [1.165, 1.54) is 0 Å². The van der Waals surface area contributed by atoms with E-state index in [1.807, 2.05) is 66.9 Å². The lowest BCUT2D eigenvalue weighted by molar-refractivity contribution is 0.242. The number of nitrogens with zero attached hydrogens (tertiary/aromatic N) is 2. The normalized spacial score (nSPS) is 11.4. The van der Waals surface area contributed by atoms with Crippen LogP contribution in [0, 0.1) is 0 Å². The summed E-state index contributed by atoms with van der Waals surface area (Å²) in [4.78, 5) is 6.79. The summed E-state index contributed by atoms with van der Waals surface area (Å²) in [6.07, 6.45) is 2.19. The fourth-order valence-corrected chi connectivity index (χ4v) is 3.98. The van der Waals surface area contributed by atoms with E-state index in [4.69, 9.17) is 9.72 Å². The van der Waals surface area contributed by atoms with Gasteiger partial charge in [0.15, 0.2) is 4.96 Å². The highest BCUT2D eigenvalue weighted by atomic mass is 32.1. The van der Waals surface area contributed by atoms with E-state index in [1.54, 1.807) is 11.3 Å². The summed E-state index contributed by atoms with van der Waals surface area (Å²) in [6.45, 7) is 3.95. The number of hydrogen-bond acceptors (Lipinski definition) is 4. The van der Waals surface area contributed by atoms with Gasteiger partial charge < -0.3 is 9.84 Å². The molecule has 0 unspecified atom stereocenters. The number of rotatable bonds is 5. The lowest BCUT2D eigenvalue weighted by atomic mass is 10.1. The molecule has 0 saturated carbocycles. The monoisotopic (exact) mass is 364 g/mol. The maximum Gasteiger partial charge on any atom is 0.195 e. The van der Waals surface area contributed by atoms with Gasteiger partial charge in [0.2, 0.25) is 0 Å². The Balaban J connectivity index is 1.73. The first kappa shape index (κ1) is 16.8. The van der Waals surface area contributed by atoms with Crippen LogP contribution in [0.1, 0.15) is 19.5 Å². The molecule has 0 spiro atoms. The molecule has 26 heavy (non-hydrogen) atoms. The average Bonchev–Trinajstić information content (AvgIpc) is 3.20. The Morgan fingerprint density at radius 2 is 1.77 bits per heavy atom. The molecular weight excluding hydrogens is 344 g/mol. The number of thiazole rings is 1. The van der Waals surface area contributed by atoms with Gasteiger partial charge in [0.1, 0.15) is 5.75 Å². The van der Waals surface area contributed by atoms with Crippen LogP contribution in [0.5, 0.6) is 5.75 Å². The van der Waals surface area contributed by atoms with E-state index in [-0.39, 0.29) is 12.7 Å². The minimum atomic E-state index is -0.0638. The Labute approximate surface area is 156 Å². The minimum Gasteiger partial charge on any atom is -0.491 e. The summed E-state index contributed by atoms with van der Waals surface area (Å²) in [5.74, 6) is 0.835. The average molecular weight is 364 g/mol. The van der Waals surface area contributed by atoms with Crippen LogP contribution in [0.15, 0.2) is 60.8 Å². The predicted octanol–water partition coefficient (Wildman–Crippen LogP) is 5.01. The Hall–Kier alpha value is -2.63. The van der Waals surface area contributed by atoms with Gasteiger partial charge in [-0.3, -0.25) is 4.40 Å². The van der Waals surface area contributed by atoms with Gasteiger partial charge in [-0.25, -0.2) is 4.98 Å². The van der Waals surface area contributed by atoms with Crippen molar-refractivity contribution in [3.8, 4) is 27.4 Å². The van der Waals surface area contributed by atoms with Crippen molar-refractivity contribution in [1.29, 1.82) is 0 Å². The lowest BCUT2D eigenvalue weighted by Crippen LogP contribution is -2.05. The van der Waals surface area contributed by atoms with Crippen molar-refractivity contribution in [2.24, 2.45) is 0 Å². The fourth-order valence-electron chi connectivity index (χ4n) is 2.97. The molecule has 0 amide bonds. The van der Waals surface area contributed by atoms with Gasteiger partial charge in [-0.05, 0) is 43.7 Å². The molecule has 132 valence electrons. The van der Waals surface area contributed by atoms with Crippen LogP contribution in [-0.4, -0.2) is 20.6 Å². The highest BCUT2D eigenvalue weighted by Crippen LogP contribution is 2.33. The Morgan fingerprint density at radius 3 is 2.42 bits per heavy atom. The molecule has 1 N–H and O–H groups in total. The minimum absolute atomic E-state index is 0.0638. The van der Waals surface area contributed by atoms with Gasteiger partial charge in [0.25, 0.3) is 0 Å². The van der Waals surface area contributed by atoms with E-state index in [2.05, 4.69) is 12.1 Å². The summed E-state index contributed by atoms with van der Waals surface area (Å²) in [6, 6.07) is 18.1. The Morgan fingerprint density at radius 1 is 1.04 bits per heavy atom. The number of fused-ring (bicyclic) bond motifs is 1. The van der Waals surface area contributed by atoms with Gasteiger partial charge in [-0.2, -0.15) is 0 Å². The van der Waals surface area contributed by atoms with Gasteiger partial charge in [0.05, 0.1) is 29.0 Å². The van der Waals surface area contributed by atoms with Gasteiger partial charge in [-0.1, -0.05) is 41.7 Å². The summed E-state index contributed by atoms with van der Waals surface area (Å²) in [7, 11) is 0. The molecule has 0 atom stereocenters. The van der Waals surface area contributed by atoms with Crippen LogP contribution in [0.3, 0.4) is 0 Å². The van der Waals surface area contributed by atoms with Crippen molar-refractivity contribution in [1.82, 2.24) is 9.38 Å². The zero-order valence-corrected chi connectivity index (χ0v) is 15.5. The van der Waals surface area contributed by atoms with Crippen LogP contribution >= 0.6 is 11.3 Å². The molecule has 0 fully saturated rings. The highest BCUT2D eigenvalue weighted by molar-refractivity contribution is 7.20. The first-order valence-corrected chi connectivity index (χ1v) is 9.41. The quantitative estimate of drug-likeness (QED) is 0.541. The molecule has 0 aliphatic carbocycles. The SMILES string of the molecule is CC(C)Oc1ccc(-c2nc3sc(-c4ccccc4)cn3c2CO)cc1. The van der Waals surface area contributed by atoms with Crippen molar-refractivity contribution < 1.29 is 9.84 Å². The zero-order valence-electron chi connectivity index (χ0n) is 14.7. The molecular formula is C21H20N2O2S. The van der Waals surface area contributed by atoms with E-state index in [9.17, 15) is 5.11 Å². The number of aliphatic hydroxyl groups excluding tert-OH is 1. The van der Waals surface area contributed by atoms with Crippen molar-refractivity contribution in [2.45, 2.75) is 26.6 Å². The lowest BCUT2D eigenvalue weighted by Gasteiger charge is -2.10. The molecule has 0 bridgehead atoms. The van der Waals surface area contributed by atoms with Crippen molar-refractivity contribution in [3.05, 3.63) is 66.5 Å². The number of benzene rings is 2. The molecule has 0 aliphatic heterocycles. The molecule has 2 heterocycles. The maximum absolute atomic E-state index is 9.94. The van der Waals surface area contributed by atoms with Crippen LogP contribution in [-0.2, 0) is 6.61 Å². The second kappa shape index (κ2) is 6.94. The van der Waals surface area contributed by atoms with Gasteiger partial charge in [-0.15, -0.1) is 0 Å². The number of hydrogen-bond donors (Lipinski definition) is 1. The second-order valence-electron chi connectivity index (χ2n) is 6.37. The summed E-state index contributed by atoms with van der Waals surface area (Å²) in [5.41, 5.74) is 3.75. The molecule has 2 aromatic heterocycles. The Kier molecular flexibility index (Phi) is 4.49. The summed E-state index contributed by atoms with van der Waals surface area (Å²) < 4.78 is 7.68. The number of aromatic nitrogens is 2. The molecule has 0 saturated heterocycles. The molecule has 4 aromatic rings. The third-order valence-electron chi connectivity index (χ3n) is 4.13. The number of imidazole rings is 1. The molecule has 0 radical (unpaired) electrons. The van der Waals surface area contributed by atoms with Gasteiger partial charge >= 0.3 is 0 Å². The molecule has 0 aliphatic rings. The molecule has 4 rings (SSSR count). The van der Waals surface area contributed by atoms with E-state index < -0.39 is 0 Å². The van der Waals surface area contributed by atoms with E-state index in [0.717, 1.165) is 38.1 Å². The predicted molar refractivity (Wildman–Crippen MR) is 106 cm³/mol. The van der Waals surface area contributed by atoms with E-state index >= 15 is 0 Å². The topological polar surface area (TPSA) is 46.8 Å². The van der Waals surface area contributed by atoms with Crippen molar-refractivity contribution in [3.63, 3.8) is 0 Å². The first-order chi connectivity index (χ1) is 12.7. The van der Waals surface area contributed by atoms with Crippen LogP contribution in [0.2, 0.25) is 0 Å². The Bertz CT molecular complexity index is 1020. The van der Waals surface area contributed by atoms with Crippen molar-refractivity contribution >= 4 is 16.3 Å². The first-order valence-electron chi connectivity index (χ1n) is 8.60. The third kappa shape index (κ3) is 3.11. The summed E-state index contributed by atoms with van der Waals surface area (Å²) in [5, 5.41) is 9.94. The fraction of sp³-hybridized carbons (Fsp3) is 0.190. The van der Waals surface area contributed by atoms with E-state index in [0.29, 0.717) is 0 Å². The highest BCUT2D eigenvalue weighted by Gasteiger charge is 2.16. The number of aliphatic hydroxyl groups is 1. The van der Waals surface area contributed by atoms with Gasteiger partial charge in [0, 0.05) is 11.8 Å². The summed E-state index contributed by atoms with van der Waals surface area (Å²) >= 11 is 1.62. The molecule has 2 aromatic carbocycles. The molecule has 4 nitrogen and oxygen atoms in total. The second-order valence-corrected chi connectivity index (χ2v) is 7.38. The van der Waals surface area contributed by atoms with Crippen LogP contribution < -0.4 is 4.74 Å². The molecule has 5 heteroatoms. The number of ether oxygens (including phenoxy) is 1. The van der Waals surface area contributed by atoms with Crippen LogP contribution in [0.4, 0.5) is 0 Å². The maximum atomic E-state index is 9.94. The largest absolute Gasteiger partial charge is 0.491 e. The van der Waals surface area contributed by atoms with Crippen LogP contribution in [0.25, 0.3) is 26.7 Å². The standard InChI is InChI=1S/C21H20N2O2S/c1-14(2)25-17-10-8-16(9-11-17)20-18(13-24)23-12-19(26-21(23)22-20)15-6-4-3-5-7-15/h3-12,14,24H,13H2,1-2H3.